The third-order valence-corrected chi connectivity index (χ3v) is 4.02. The second-order valence-electron chi connectivity index (χ2n) is 5.89. The number of amides is 1. The van der Waals surface area contributed by atoms with E-state index in [0.717, 1.165) is 71.5 Å². The molecule has 0 saturated carbocycles. The number of hydrogen-bond acceptors (Lipinski definition) is 4. The second-order valence-corrected chi connectivity index (χ2v) is 5.89. The van der Waals surface area contributed by atoms with Crippen molar-refractivity contribution in [2.24, 2.45) is 5.73 Å². The molecule has 1 fully saturated rings. The van der Waals surface area contributed by atoms with Gasteiger partial charge in [-0.3, -0.25) is 4.79 Å². The van der Waals surface area contributed by atoms with E-state index in [9.17, 15) is 4.79 Å². The van der Waals surface area contributed by atoms with E-state index >= 15 is 0 Å². The SMILES string of the molecule is CCCNC(C)(CCCCN1CCCOCC1)C(N)=O. The summed E-state index contributed by atoms with van der Waals surface area (Å²) < 4.78 is 5.45. The van der Waals surface area contributed by atoms with Crippen molar-refractivity contribution in [3.05, 3.63) is 0 Å². The van der Waals surface area contributed by atoms with E-state index in [2.05, 4.69) is 17.1 Å². The van der Waals surface area contributed by atoms with Gasteiger partial charge in [0.25, 0.3) is 0 Å². The molecule has 1 rings (SSSR count). The van der Waals surface area contributed by atoms with E-state index in [1.807, 2.05) is 6.92 Å². The molecule has 1 saturated heterocycles. The van der Waals surface area contributed by atoms with Crippen LogP contribution in [0.1, 0.15) is 46.0 Å². The van der Waals surface area contributed by atoms with Crippen LogP contribution >= 0.6 is 0 Å². The van der Waals surface area contributed by atoms with E-state index in [-0.39, 0.29) is 5.91 Å². The fourth-order valence-corrected chi connectivity index (χ4v) is 2.53. The van der Waals surface area contributed by atoms with Crippen molar-refractivity contribution in [2.75, 3.05) is 39.4 Å². The topological polar surface area (TPSA) is 67.6 Å². The number of carbonyl (C=O) groups is 1. The van der Waals surface area contributed by atoms with Crippen LogP contribution in [-0.4, -0.2) is 55.7 Å². The molecule has 3 N–H and O–H groups in total. The molecule has 0 spiro atoms. The molecule has 0 radical (unpaired) electrons. The van der Waals surface area contributed by atoms with Gasteiger partial charge in [-0.15, -0.1) is 0 Å². The van der Waals surface area contributed by atoms with Crippen molar-refractivity contribution < 1.29 is 9.53 Å². The Kier molecular flexibility index (Phi) is 8.11. The van der Waals surface area contributed by atoms with Crippen molar-refractivity contribution in [1.82, 2.24) is 10.2 Å². The van der Waals surface area contributed by atoms with Gasteiger partial charge in [-0.05, 0) is 52.1 Å². The monoisotopic (exact) mass is 285 g/mol. The minimum absolute atomic E-state index is 0.242. The third kappa shape index (κ3) is 6.20. The molecule has 1 amide bonds. The Balaban J connectivity index is 2.24. The predicted molar refractivity (Wildman–Crippen MR) is 81.6 cm³/mol. The van der Waals surface area contributed by atoms with Crippen molar-refractivity contribution >= 4 is 5.91 Å². The van der Waals surface area contributed by atoms with Crippen LogP contribution in [0, 0.1) is 0 Å². The van der Waals surface area contributed by atoms with Gasteiger partial charge in [-0.2, -0.15) is 0 Å². The molecule has 0 aliphatic carbocycles. The number of nitrogens with one attached hydrogen (secondary N) is 1. The summed E-state index contributed by atoms with van der Waals surface area (Å²) in [5, 5.41) is 3.29. The molecular weight excluding hydrogens is 254 g/mol. The summed E-state index contributed by atoms with van der Waals surface area (Å²) in [6.45, 7) is 9.83. The van der Waals surface area contributed by atoms with Gasteiger partial charge in [0, 0.05) is 19.7 Å². The highest BCUT2D eigenvalue weighted by atomic mass is 16.5. The van der Waals surface area contributed by atoms with E-state index < -0.39 is 5.54 Å². The Morgan fingerprint density at radius 3 is 2.85 bits per heavy atom. The first-order valence-corrected chi connectivity index (χ1v) is 7.93. The average molecular weight is 285 g/mol. The first-order valence-electron chi connectivity index (χ1n) is 7.93. The average Bonchev–Trinajstić information content (AvgIpc) is 2.70. The van der Waals surface area contributed by atoms with Crippen molar-refractivity contribution in [3.8, 4) is 0 Å². The maximum atomic E-state index is 11.6. The summed E-state index contributed by atoms with van der Waals surface area (Å²) >= 11 is 0. The normalized spacial score (nSPS) is 20.3. The predicted octanol–water partition coefficient (Wildman–Crippen LogP) is 1.12. The van der Waals surface area contributed by atoms with Gasteiger partial charge in [0.15, 0.2) is 0 Å². The van der Waals surface area contributed by atoms with E-state index in [0.29, 0.717) is 0 Å². The lowest BCUT2D eigenvalue weighted by Gasteiger charge is -2.28. The molecule has 20 heavy (non-hydrogen) atoms. The minimum atomic E-state index is -0.558. The number of hydrogen-bond donors (Lipinski definition) is 2. The third-order valence-electron chi connectivity index (χ3n) is 4.02. The Morgan fingerprint density at radius 1 is 1.35 bits per heavy atom. The number of carbonyl (C=O) groups excluding carboxylic acids is 1. The summed E-state index contributed by atoms with van der Waals surface area (Å²) in [6, 6.07) is 0. The lowest BCUT2D eigenvalue weighted by atomic mass is 9.93. The van der Waals surface area contributed by atoms with E-state index in [4.69, 9.17) is 10.5 Å². The van der Waals surface area contributed by atoms with Crippen molar-refractivity contribution in [2.45, 2.75) is 51.5 Å². The summed E-state index contributed by atoms with van der Waals surface area (Å²) in [5.41, 5.74) is 4.97. The smallest absolute Gasteiger partial charge is 0.237 e. The number of nitrogens with two attached hydrogens (primary N) is 1. The maximum absolute atomic E-state index is 11.6. The fourth-order valence-electron chi connectivity index (χ4n) is 2.53. The minimum Gasteiger partial charge on any atom is -0.380 e. The lowest BCUT2D eigenvalue weighted by Crippen LogP contribution is -2.53. The molecule has 0 aromatic carbocycles. The molecule has 1 heterocycles. The number of ether oxygens (including phenoxy) is 1. The van der Waals surface area contributed by atoms with Crippen molar-refractivity contribution in [1.29, 1.82) is 0 Å². The highest BCUT2D eigenvalue weighted by Crippen LogP contribution is 2.14. The molecule has 0 aromatic heterocycles. The first-order chi connectivity index (χ1) is 9.58. The number of rotatable bonds is 9. The van der Waals surface area contributed by atoms with Crippen LogP contribution in [-0.2, 0) is 9.53 Å². The number of unbranched alkanes of at least 4 members (excludes halogenated alkanes) is 1. The Hall–Kier alpha value is -0.650. The van der Waals surface area contributed by atoms with Gasteiger partial charge >= 0.3 is 0 Å². The Morgan fingerprint density at radius 2 is 2.15 bits per heavy atom. The molecule has 1 aliphatic heterocycles. The highest BCUT2D eigenvalue weighted by molar-refractivity contribution is 5.84. The molecular formula is C15H31N3O2. The Bertz CT molecular complexity index is 278. The van der Waals surface area contributed by atoms with Crippen LogP contribution < -0.4 is 11.1 Å². The second kappa shape index (κ2) is 9.32. The van der Waals surface area contributed by atoms with Gasteiger partial charge in [0.05, 0.1) is 12.1 Å². The van der Waals surface area contributed by atoms with Crippen LogP contribution in [0.2, 0.25) is 0 Å². The van der Waals surface area contributed by atoms with Crippen molar-refractivity contribution in [3.63, 3.8) is 0 Å². The van der Waals surface area contributed by atoms with Crippen LogP contribution in [0.5, 0.6) is 0 Å². The standard InChI is InChI=1S/C15H31N3O2/c1-3-8-17-15(2,14(16)19)7-4-5-9-18-10-6-12-20-13-11-18/h17H,3-13H2,1-2H3,(H2,16,19). The quantitative estimate of drug-likeness (QED) is 0.623. The molecule has 5 nitrogen and oxygen atoms in total. The summed E-state index contributed by atoms with van der Waals surface area (Å²) in [7, 11) is 0. The Labute approximate surface area is 123 Å². The van der Waals surface area contributed by atoms with Gasteiger partial charge in [-0.1, -0.05) is 6.92 Å². The summed E-state index contributed by atoms with van der Waals surface area (Å²) in [5.74, 6) is -0.242. The highest BCUT2D eigenvalue weighted by Gasteiger charge is 2.29. The molecule has 1 unspecified atom stereocenters. The molecule has 1 aliphatic rings. The molecule has 118 valence electrons. The van der Waals surface area contributed by atoms with Crippen LogP contribution in [0.15, 0.2) is 0 Å². The van der Waals surface area contributed by atoms with E-state index in [1.165, 1.54) is 0 Å². The zero-order chi connectivity index (χ0) is 14.8. The zero-order valence-corrected chi connectivity index (χ0v) is 13.1. The molecule has 0 bridgehead atoms. The zero-order valence-electron chi connectivity index (χ0n) is 13.1. The number of primary amides is 1. The lowest BCUT2D eigenvalue weighted by molar-refractivity contribution is -0.124. The van der Waals surface area contributed by atoms with Gasteiger partial charge in [0.2, 0.25) is 5.91 Å². The van der Waals surface area contributed by atoms with Gasteiger partial charge < -0.3 is 20.7 Å². The van der Waals surface area contributed by atoms with Crippen LogP contribution in [0.3, 0.4) is 0 Å². The first kappa shape index (κ1) is 17.4. The molecule has 5 heteroatoms. The van der Waals surface area contributed by atoms with Crippen LogP contribution in [0.4, 0.5) is 0 Å². The van der Waals surface area contributed by atoms with Gasteiger partial charge in [0.1, 0.15) is 0 Å². The largest absolute Gasteiger partial charge is 0.380 e. The fraction of sp³-hybridized carbons (Fsp3) is 0.933. The number of nitrogens with zero attached hydrogens (tertiary/aromatic N) is 1. The maximum Gasteiger partial charge on any atom is 0.237 e. The van der Waals surface area contributed by atoms with E-state index in [1.54, 1.807) is 0 Å². The summed E-state index contributed by atoms with van der Waals surface area (Å²) in [4.78, 5) is 14.1. The van der Waals surface area contributed by atoms with Crippen LogP contribution in [0.25, 0.3) is 0 Å². The molecule has 0 aromatic rings. The summed E-state index contributed by atoms with van der Waals surface area (Å²) in [6.07, 6.45) is 5.07. The van der Waals surface area contributed by atoms with Gasteiger partial charge in [-0.25, -0.2) is 0 Å². The molecule has 1 atom stereocenters.